The summed E-state index contributed by atoms with van der Waals surface area (Å²) in [5, 5.41) is 13.4. The third-order valence-corrected chi connectivity index (χ3v) is 3.73. The van der Waals surface area contributed by atoms with E-state index in [-0.39, 0.29) is 6.04 Å². The molecular formula is C17H17ClN2. The smallest absolute Gasteiger partial charge is 0.140 e. The molecule has 0 bridgehead atoms. The van der Waals surface area contributed by atoms with Crippen molar-refractivity contribution in [1.82, 2.24) is 0 Å². The van der Waals surface area contributed by atoms with Gasteiger partial charge in [-0.15, -0.1) is 0 Å². The van der Waals surface area contributed by atoms with E-state index in [4.69, 9.17) is 11.6 Å². The third-order valence-electron chi connectivity index (χ3n) is 3.48. The first-order valence-corrected chi connectivity index (χ1v) is 6.88. The summed E-state index contributed by atoms with van der Waals surface area (Å²) in [6.07, 6.45) is 0. The first-order valence-electron chi connectivity index (χ1n) is 6.50. The predicted molar refractivity (Wildman–Crippen MR) is 84.1 cm³/mol. The van der Waals surface area contributed by atoms with Gasteiger partial charge in [0.1, 0.15) is 6.04 Å². The maximum absolute atomic E-state index is 9.44. The topological polar surface area (TPSA) is 35.8 Å². The van der Waals surface area contributed by atoms with E-state index in [9.17, 15) is 5.26 Å². The normalized spacial score (nSPS) is 11.8. The van der Waals surface area contributed by atoms with Crippen LogP contribution in [0.4, 0.5) is 5.69 Å². The SMILES string of the molecule is Cc1cc(C)c(C(C#N)Nc2ccc(Cl)cc2)cc1C. The molecule has 0 heterocycles. The highest BCUT2D eigenvalue weighted by atomic mass is 35.5. The van der Waals surface area contributed by atoms with Crippen LogP contribution in [-0.4, -0.2) is 0 Å². The molecule has 3 heteroatoms. The number of rotatable bonds is 3. The number of aryl methyl sites for hydroxylation is 3. The molecule has 1 unspecified atom stereocenters. The second-order valence-electron chi connectivity index (χ2n) is 5.01. The van der Waals surface area contributed by atoms with Gasteiger partial charge >= 0.3 is 0 Å². The Labute approximate surface area is 125 Å². The zero-order chi connectivity index (χ0) is 14.7. The Balaban J connectivity index is 2.31. The molecule has 0 aliphatic rings. The van der Waals surface area contributed by atoms with Crippen molar-refractivity contribution < 1.29 is 0 Å². The van der Waals surface area contributed by atoms with E-state index in [0.29, 0.717) is 5.02 Å². The number of halogens is 1. The summed E-state index contributed by atoms with van der Waals surface area (Å²) in [4.78, 5) is 0. The van der Waals surface area contributed by atoms with Crippen LogP contribution in [0, 0.1) is 32.1 Å². The highest BCUT2D eigenvalue weighted by Gasteiger charge is 2.14. The Morgan fingerprint density at radius 1 is 1.00 bits per heavy atom. The summed E-state index contributed by atoms with van der Waals surface area (Å²) in [6, 6.07) is 13.5. The van der Waals surface area contributed by atoms with E-state index in [2.05, 4.69) is 37.4 Å². The molecular weight excluding hydrogens is 268 g/mol. The molecule has 0 spiro atoms. The quantitative estimate of drug-likeness (QED) is 0.866. The van der Waals surface area contributed by atoms with Crippen LogP contribution in [0.2, 0.25) is 5.02 Å². The highest BCUT2D eigenvalue weighted by molar-refractivity contribution is 6.30. The number of nitrogens with one attached hydrogen (secondary N) is 1. The van der Waals surface area contributed by atoms with E-state index < -0.39 is 0 Å². The molecule has 0 aliphatic carbocycles. The molecule has 20 heavy (non-hydrogen) atoms. The number of nitriles is 1. The molecule has 0 fully saturated rings. The summed E-state index contributed by atoms with van der Waals surface area (Å²) in [5.41, 5.74) is 5.48. The summed E-state index contributed by atoms with van der Waals surface area (Å²) < 4.78 is 0. The molecule has 2 rings (SSSR count). The average Bonchev–Trinajstić information content (AvgIpc) is 2.43. The number of benzene rings is 2. The van der Waals surface area contributed by atoms with E-state index in [1.807, 2.05) is 31.2 Å². The van der Waals surface area contributed by atoms with E-state index in [0.717, 1.165) is 16.8 Å². The molecule has 102 valence electrons. The van der Waals surface area contributed by atoms with Crippen LogP contribution in [0.15, 0.2) is 36.4 Å². The lowest BCUT2D eigenvalue weighted by molar-refractivity contribution is 0.974. The third kappa shape index (κ3) is 3.12. The van der Waals surface area contributed by atoms with Crippen molar-refractivity contribution in [2.45, 2.75) is 26.8 Å². The van der Waals surface area contributed by atoms with Crippen LogP contribution in [-0.2, 0) is 0 Å². The minimum atomic E-state index is -0.365. The molecule has 2 nitrogen and oxygen atoms in total. The Morgan fingerprint density at radius 2 is 1.60 bits per heavy atom. The van der Waals surface area contributed by atoms with Crippen LogP contribution in [0.3, 0.4) is 0 Å². The molecule has 0 amide bonds. The summed E-state index contributed by atoms with van der Waals surface area (Å²) in [7, 11) is 0. The standard InChI is InChI=1S/C17H17ClN2/c1-11-8-13(3)16(9-12(11)2)17(10-19)20-15-6-4-14(18)5-7-15/h4-9,17,20H,1-3H3. The van der Waals surface area contributed by atoms with Gasteiger partial charge in [-0.25, -0.2) is 0 Å². The number of nitrogens with zero attached hydrogens (tertiary/aromatic N) is 1. The van der Waals surface area contributed by atoms with Crippen molar-refractivity contribution in [3.8, 4) is 6.07 Å². The molecule has 0 radical (unpaired) electrons. The zero-order valence-corrected chi connectivity index (χ0v) is 12.6. The Bertz CT molecular complexity index is 654. The second-order valence-corrected chi connectivity index (χ2v) is 5.44. The molecule has 0 aromatic heterocycles. The van der Waals surface area contributed by atoms with Crippen LogP contribution in [0.5, 0.6) is 0 Å². The van der Waals surface area contributed by atoms with Gasteiger partial charge in [0.25, 0.3) is 0 Å². The van der Waals surface area contributed by atoms with Gasteiger partial charge in [-0.05, 0) is 67.3 Å². The summed E-state index contributed by atoms with van der Waals surface area (Å²) in [5.74, 6) is 0. The minimum Gasteiger partial charge on any atom is -0.366 e. The molecule has 0 aliphatic heterocycles. The van der Waals surface area contributed by atoms with Gasteiger partial charge in [-0.1, -0.05) is 23.7 Å². The predicted octanol–water partition coefficient (Wildman–Crippen LogP) is 4.94. The lowest BCUT2D eigenvalue weighted by Crippen LogP contribution is -2.10. The molecule has 0 saturated heterocycles. The highest BCUT2D eigenvalue weighted by Crippen LogP contribution is 2.25. The van der Waals surface area contributed by atoms with Crippen LogP contribution in [0.25, 0.3) is 0 Å². The summed E-state index contributed by atoms with van der Waals surface area (Å²) >= 11 is 5.87. The fraction of sp³-hybridized carbons (Fsp3) is 0.235. The van der Waals surface area contributed by atoms with Gasteiger partial charge < -0.3 is 5.32 Å². The molecule has 1 N–H and O–H groups in total. The van der Waals surface area contributed by atoms with Gasteiger partial charge in [-0.3, -0.25) is 0 Å². The van der Waals surface area contributed by atoms with Gasteiger partial charge in [0, 0.05) is 10.7 Å². The molecule has 1 atom stereocenters. The fourth-order valence-electron chi connectivity index (χ4n) is 2.19. The van der Waals surface area contributed by atoms with Gasteiger partial charge in [0.2, 0.25) is 0 Å². The molecule has 2 aromatic rings. The van der Waals surface area contributed by atoms with E-state index in [1.165, 1.54) is 11.1 Å². The monoisotopic (exact) mass is 284 g/mol. The van der Waals surface area contributed by atoms with Crippen molar-refractivity contribution >= 4 is 17.3 Å². The van der Waals surface area contributed by atoms with E-state index in [1.54, 1.807) is 0 Å². The summed E-state index contributed by atoms with van der Waals surface area (Å²) in [6.45, 7) is 6.19. The van der Waals surface area contributed by atoms with Crippen molar-refractivity contribution in [2.24, 2.45) is 0 Å². The Hall–Kier alpha value is -1.98. The van der Waals surface area contributed by atoms with Crippen LogP contribution < -0.4 is 5.32 Å². The van der Waals surface area contributed by atoms with Gasteiger partial charge in [0.05, 0.1) is 6.07 Å². The Morgan fingerprint density at radius 3 is 2.20 bits per heavy atom. The number of hydrogen-bond acceptors (Lipinski definition) is 2. The first kappa shape index (κ1) is 14.4. The number of hydrogen-bond donors (Lipinski definition) is 1. The fourth-order valence-corrected chi connectivity index (χ4v) is 2.31. The maximum Gasteiger partial charge on any atom is 0.140 e. The first-order chi connectivity index (χ1) is 9.51. The maximum atomic E-state index is 9.44. The van der Waals surface area contributed by atoms with Gasteiger partial charge in [-0.2, -0.15) is 5.26 Å². The van der Waals surface area contributed by atoms with E-state index >= 15 is 0 Å². The zero-order valence-electron chi connectivity index (χ0n) is 11.9. The minimum absolute atomic E-state index is 0.365. The second kappa shape index (κ2) is 5.98. The molecule has 0 saturated carbocycles. The van der Waals surface area contributed by atoms with Crippen molar-refractivity contribution in [1.29, 1.82) is 5.26 Å². The van der Waals surface area contributed by atoms with Crippen molar-refractivity contribution in [3.05, 3.63) is 63.7 Å². The lowest BCUT2D eigenvalue weighted by atomic mass is 9.96. The largest absolute Gasteiger partial charge is 0.366 e. The van der Waals surface area contributed by atoms with Crippen molar-refractivity contribution in [2.75, 3.05) is 5.32 Å². The molecule has 2 aromatic carbocycles. The van der Waals surface area contributed by atoms with Crippen molar-refractivity contribution in [3.63, 3.8) is 0 Å². The van der Waals surface area contributed by atoms with Crippen LogP contribution >= 0.6 is 11.6 Å². The number of anilines is 1. The Kier molecular flexibility index (Phi) is 4.32. The van der Waals surface area contributed by atoms with Crippen LogP contribution in [0.1, 0.15) is 28.3 Å². The lowest BCUT2D eigenvalue weighted by Gasteiger charge is -2.17. The average molecular weight is 285 g/mol. The van der Waals surface area contributed by atoms with Gasteiger partial charge in [0.15, 0.2) is 0 Å².